The number of sulfonamides is 1. The van der Waals surface area contributed by atoms with Gasteiger partial charge in [0.1, 0.15) is 16.5 Å². The van der Waals surface area contributed by atoms with Gasteiger partial charge in [-0.3, -0.25) is 0 Å². The molecule has 1 aromatic rings. The molecular formula is C19H21F2N4O5S+. The van der Waals surface area contributed by atoms with E-state index < -0.39 is 45.7 Å². The topological polar surface area (TPSA) is 113 Å². The maximum Gasteiger partial charge on any atom is 0.502 e. The van der Waals surface area contributed by atoms with Gasteiger partial charge in [-0.1, -0.05) is 11.2 Å². The third kappa shape index (κ3) is 4.22. The van der Waals surface area contributed by atoms with E-state index in [1.807, 2.05) is 0 Å². The average molecular weight is 455 g/mol. The predicted octanol–water partition coefficient (Wildman–Crippen LogP) is 1.50. The van der Waals surface area contributed by atoms with E-state index >= 15 is 0 Å². The highest BCUT2D eigenvalue weighted by atomic mass is 32.2. The number of nitrogens with zero attached hydrogens (tertiary/aromatic N) is 3. The number of aryl methyl sites for hydroxylation is 1. The molecular weight excluding hydrogens is 434 g/mol. The molecule has 0 spiro atoms. The summed E-state index contributed by atoms with van der Waals surface area (Å²) >= 11 is 0. The number of urea groups is 1. The van der Waals surface area contributed by atoms with Crippen LogP contribution in [0.4, 0.5) is 13.6 Å². The van der Waals surface area contributed by atoms with Gasteiger partial charge in [-0.15, -0.1) is 4.90 Å². The van der Waals surface area contributed by atoms with Crippen LogP contribution in [0.1, 0.15) is 31.2 Å². The zero-order valence-corrected chi connectivity index (χ0v) is 17.7. The number of carbonyl (C=O) groups excluding carboxylic acids is 2. The van der Waals surface area contributed by atoms with E-state index in [1.54, 1.807) is 13.8 Å². The summed E-state index contributed by atoms with van der Waals surface area (Å²) in [4.78, 5) is 26.7. The molecule has 9 nitrogen and oxygen atoms in total. The zero-order valence-electron chi connectivity index (χ0n) is 16.8. The van der Waals surface area contributed by atoms with Crippen LogP contribution in [0.3, 0.4) is 0 Å². The number of carbonyl (C=O) groups is 2. The molecule has 2 aliphatic carbocycles. The third-order valence-electron chi connectivity index (χ3n) is 5.34. The molecule has 0 radical (unpaired) electrons. The molecule has 1 atom stereocenters. The predicted molar refractivity (Wildman–Crippen MR) is 104 cm³/mol. The lowest BCUT2D eigenvalue weighted by atomic mass is 9.99. The summed E-state index contributed by atoms with van der Waals surface area (Å²) in [7, 11) is -3.86. The van der Waals surface area contributed by atoms with Crippen molar-refractivity contribution in [3.8, 4) is 0 Å². The fourth-order valence-electron chi connectivity index (χ4n) is 3.47. The van der Waals surface area contributed by atoms with Crippen LogP contribution in [-0.2, 0) is 21.4 Å². The highest BCUT2D eigenvalue weighted by Gasteiger charge is 2.48. The number of nitrogens with one attached hydrogen (secondary N) is 1. The van der Waals surface area contributed by atoms with Crippen LogP contribution in [0.25, 0.3) is 0 Å². The monoisotopic (exact) mass is 455 g/mol. The van der Waals surface area contributed by atoms with Crippen LogP contribution in [0.2, 0.25) is 0 Å². The van der Waals surface area contributed by atoms with Gasteiger partial charge >= 0.3 is 11.9 Å². The summed E-state index contributed by atoms with van der Waals surface area (Å²) in [6.07, 6.45) is 2.26. The van der Waals surface area contributed by atoms with Crippen molar-refractivity contribution in [1.29, 1.82) is 0 Å². The van der Waals surface area contributed by atoms with Crippen molar-refractivity contribution >= 4 is 27.7 Å². The van der Waals surface area contributed by atoms with Crippen molar-refractivity contribution in [2.75, 3.05) is 6.54 Å². The van der Waals surface area contributed by atoms with Gasteiger partial charge in [0.15, 0.2) is 18.8 Å². The van der Waals surface area contributed by atoms with Gasteiger partial charge in [-0.05, 0) is 38.8 Å². The Bertz CT molecular complexity index is 1150. The Kier molecular flexibility index (Phi) is 5.16. The van der Waals surface area contributed by atoms with Crippen molar-refractivity contribution in [2.45, 2.75) is 50.4 Å². The zero-order chi connectivity index (χ0) is 22.6. The van der Waals surface area contributed by atoms with E-state index in [1.165, 1.54) is 24.3 Å². The first-order valence-corrected chi connectivity index (χ1v) is 11.2. The van der Waals surface area contributed by atoms with Gasteiger partial charge in [-0.2, -0.15) is 9.37 Å². The Hall–Kier alpha value is -2.73. The average Bonchev–Trinajstić information content (AvgIpc) is 3.25. The second-order valence-corrected chi connectivity index (χ2v) is 9.95. The van der Waals surface area contributed by atoms with Crippen LogP contribution in [-0.4, -0.2) is 64.5 Å². The molecule has 0 saturated heterocycles. The van der Waals surface area contributed by atoms with E-state index in [4.69, 9.17) is 4.52 Å². The van der Waals surface area contributed by atoms with Crippen LogP contribution >= 0.6 is 0 Å². The first-order valence-electron chi connectivity index (χ1n) is 9.63. The normalized spacial score (nSPS) is 22.8. The van der Waals surface area contributed by atoms with Crippen molar-refractivity contribution in [3.05, 3.63) is 41.3 Å². The number of alkyl halides is 2. The van der Waals surface area contributed by atoms with Crippen molar-refractivity contribution in [1.82, 2.24) is 14.8 Å². The Morgan fingerprint density at radius 1 is 1.39 bits per heavy atom. The molecule has 1 N–H and O–H groups in total. The number of fused-ring (bicyclic) bond motifs is 1. The van der Waals surface area contributed by atoms with E-state index in [9.17, 15) is 26.8 Å². The van der Waals surface area contributed by atoms with Crippen LogP contribution < -0.4 is 4.72 Å². The minimum absolute atomic E-state index is 0.0515. The summed E-state index contributed by atoms with van der Waals surface area (Å²) in [6, 6.07) is 0.570. The fourth-order valence-corrected chi connectivity index (χ4v) is 5.10. The van der Waals surface area contributed by atoms with Crippen molar-refractivity contribution in [3.63, 3.8) is 0 Å². The number of allylic oxidation sites excluding steroid dienone is 1. The number of amides is 3. The van der Waals surface area contributed by atoms with Crippen molar-refractivity contribution in [2.24, 2.45) is 0 Å². The molecule has 1 aromatic heterocycles. The van der Waals surface area contributed by atoms with Gasteiger partial charge in [0.2, 0.25) is 10.0 Å². The number of hydrogen-bond donors (Lipinski definition) is 1. The molecule has 1 aliphatic heterocycles. The highest BCUT2D eigenvalue weighted by molar-refractivity contribution is 7.90. The SMILES string of the molecule is Cc1cc(CN2C(=O)C3=CC(S(=O)(=O)NC4(C)CC4)C=CC3=[N+](CC(F)F)C2=O)on1. The molecule has 1 unspecified atom stereocenters. The summed E-state index contributed by atoms with van der Waals surface area (Å²) in [5.41, 5.74) is -0.173. The standard InChI is InChI=1S/C19H21F2N4O5S/c1-11-7-12(30-22-11)9-25-17(26)14-8-13(31(28,29)23-19(2)5-6-19)3-4-15(14)24(18(25)27)10-16(20)21/h3-4,7-8,13,16,23H,5-6,9-10H2,1-2H3/q+1. The first kappa shape index (κ1) is 21.5. The first-order chi connectivity index (χ1) is 14.5. The minimum atomic E-state index is -3.86. The molecule has 1 saturated carbocycles. The Morgan fingerprint density at radius 2 is 2.10 bits per heavy atom. The number of imide groups is 1. The molecule has 4 rings (SSSR count). The van der Waals surface area contributed by atoms with Crippen LogP contribution in [0.15, 0.2) is 34.4 Å². The second-order valence-electron chi connectivity index (χ2n) is 8.11. The third-order valence-corrected chi connectivity index (χ3v) is 7.12. The lowest BCUT2D eigenvalue weighted by molar-refractivity contribution is -0.451. The molecule has 166 valence electrons. The lowest BCUT2D eigenvalue weighted by Crippen LogP contribution is -2.52. The minimum Gasteiger partial charge on any atom is -0.357 e. The van der Waals surface area contributed by atoms with Crippen LogP contribution in [0.5, 0.6) is 0 Å². The summed E-state index contributed by atoms with van der Waals surface area (Å²) in [5.74, 6) is -0.596. The molecule has 0 aromatic carbocycles. The maximum atomic E-state index is 13.2. The van der Waals surface area contributed by atoms with E-state index in [-0.39, 0.29) is 23.6 Å². The van der Waals surface area contributed by atoms with Gasteiger partial charge in [0.25, 0.3) is 6.43 Å². The van der Waals surface area contributed by atoms with Gasteiger partial charge in [0, 0.05) is 11.6 Å². The number of rotatable bonds is 7. The fraction of sp³-hybridized carbons (Fsp3) is 0.474. The highest BCUT2D eigenvalue weighted by Crippen LogP contribution is 2.36. The quantitative estimate of drug-likeness (QED) is 0.624. The van der Waals surface area contributed by atoms with Crippen molar-refractivity contribution < 1.29 is 35.9 Å². The second kappa shape index (κ2) is 7.45. The van der Waals surface area contributed by atoms with Gasteiger partial charge in [-0.25, -0.2) is 26.7 Å². The van der Waals surface area contributed by atoms with Gasteiger partial charge in [0.05, 0.1) is 5.69 Å². The summed E-state index contributed by atoms with van der Waals surface area (Å²) in [6.45, 7) is 2.17. The number of aromatic nitrogens is 1. The van der Waals surface area contributed by atoms with E-state index in [0.29, 0.717) is 18.5 Å². The Morgan fingerprint density at radius 3 is 2.68 bits per heavy atom. The Labute approximate surface area is 177 Å². The summed E-state index contributed by atoms with van der Waals surface area (Å²) in [5, 5.41) is 2.51. The largest absolute Gasteiger partial charge is 0.502 e. The van der Waals surface area contributed by atoms with E-state index in [0.717, 1.165) is 9.48 Å². The maximum absolute atomic E-state index is 13.2. The molecule has 31 heavy (non-hydrogen) atoms. The smallest absolute Gasteiger partial charge is 0.357 e. The summed E-state index contributed by atoms with van der Waals surface area (Å²) < 4.78 is 60.3. The lowest BCUT2D eigenvalue weighted by Gasteiger charge is -2.26. The number of halogens is 2. The van der Waals surface area contributed by atoms with Crippen LogP contribution in [0, 0.1) is 6.92 Å². The number of hydrogen-bond acceptors (Lipinski definition) is 6. The Balaban J connectivity index is 1.72. The molecule has 2 heterocycles. The molecule has 3 amide bonds. The van der Waals surface area contributed by atoms with Gasteiger partial charge < -0.3 is 4.52 Å². The molecule has 12 heteroatoms. The van der Waals surface area contributed by atoms with E-state index in [2.05, 4.69) is 9.88 Å². The molecule has 3 aliphatic rings. The molecule has 1 fully saturated rings. The molecule has 0 bridgehead atoms.